The molecule has 1 aromatic carbocycles. The van der Waals surface area contributed by atoms with Crippen molar-refractivity contribution in [3.8, 4) is 5.75 Å². The van der Waals surface area contributed by atoms with Gasteiger partial charge in [-0.3, -0.25) is 4.79 Å². The summed E-state index contributed by atoms with van der Waals surface area (Å²) in [5.74, 6) is 0.886. The van der Waals surface area contributed by atoms with Crippen molar-refractivity contribution < 1.29 is 9.53 Å². The maximum Gasteiger partial charge on any atom is 0.239 e. The second-order valence-corrected chi connectivity index (χ2v) is 5.59. The number of methoxy groups -OCH3 is 1. The van der Waals surface area contributed by atoms with Crippen LogP contribution >= 0.6 is 24.0 Å². The number of nitrogens with zero attached hydrogens (tertiary/aromatic N) is 1. The molecule has 0 unspecified atom stereocenters. The van der Waals surface area contributed by atoms with Crippen LogP contribution in [0.4, 0.5) is 0 Å². The highest BCUT2D eigenvalue weighted by Gasteiger charge is 2.24. The van der Waals surface area contributed by atoms with Gasteiger partial charge in [0, 0.05) is 24.2 Å². The minimum atomic E-state index is -0.0565. The molecule has 1 fully saturated rings. The summed E-state index contributed by atoms with van der Waals surface area (Å²) < 4.78 is 5.31. The Morgan fingerprint density at radius 3 is 2.86 bits per heavy atom. The van der Waals surface area contributed by atoms with Gasteiger partial charge in [-0.15, -0.1) is 12.4 Å². The lowest BCUT2D eigenvalue weighted by molar-refractivity contribution is -0.133. The maximum absolute atomic E-state index is 12.4. The van der Waals surface area contributed by atoms with Crippen molar-refractivity contribution in [2.24, 2.45) is 0 Å². The molecule has 0 saturated carbocycles. The molecule has 1 saturated heterocycles. The summed E-state index contributed by atoms with van der Waals surface area (Å²) in [6.45, 7) is 1.42. The van der Waals surface area contributed by atoms with Crippen LogP contribution in [0.25, 0.3) is 0 Å². The summed E-state index contributed by atoms with van der Waals surface area (Å²) in [5, 5.41) is 3.93. The Morgan fingerprint density at radius 1 is 1.48 bits per heavy atom. The molecule has 1 N–H and O–H groups in total. The molecule has 21 heavy (non-hydrogen) atoms. The van der Waals surface area contributed by atoms with Crippen LogP contribution < -0.4 is 10.1 Å². The first-order chi connectivity index (χ1) is 9.61. The van der Waals surface area contributed by atoms with Gasteiger partial charge in [0.2, 0.25) is 5.91 Å². The molecule has 1 atom stereocenters. The monoisotopic (exact) mass is 332 g/mol. The number of hydrogen-bond acceptors (Lipinski definition) is 3. The number of benzene rings is 1. The van der Waals surface area contributed by atoms with Gasteiger partial charge in [-0.25, -0.2) is 0 Å². The number of ether oxygens (including phenoxy) is 1. The topological polar surface area (TPSA) is 41.6 Å². The largest absolute Gasteiger partial charge is 0.496 e. The van der Waals surface area contributed by atoms with E-state index in [1.54, 1.807) is 18.1 Å². The molecule has 118 valence electrons. The Bertz CT molecular complexity index is 477. The van der Waals surface area contributed by atoms with Crippen molar-refractivity contribution in [3.05, 3.63) is 28.8 Å². The lowest BCUT2D eigenvalue weighted by Crippen LogP contribution is -2.47. The fraction of sp³-hybridized carbons (Fsp3) is 0.533. The third kappa shape index (κ3) is 4.77. The molecular weight excluding hydrogens is 311 g/mol. The normalized spacial score (nSPS) is 17.8. The number of rotatable bonds is 4. The first kappa shape index (κ1) is 18.1. The van der Waals surface area contributed by atoms with Gasteiger partial charge in [0.15, 0.2) is 0 Å². The molecule has 2 rings (SSSR count). The molecule has 1 heterocycles. The third-order valence-corrected chi connectivity index (χ3v) is 3.87. The van der Waals surface area contributed by atoms with Gasteiger partial charge in [-0.2, -0.15) is 0 Å². The van der Waals surface area contributed by atoms with E-state index in [0.29, 0.717) is 11.6 Å². The smallest absolute Gasteiger partial charge is 0.239 e. The lowest BCUT2D eigenvalue weighted by atomic mass is 10.0. The van der Waals surface area contributed by atoms with Crippen molar-refractivity contribution in [1.82, 2.24) is 10.2 Å². The van der Waals surface area contributed by atoms with Crippen molar-refractivity contribution >= 4 is 29.9 Å². The van der Waals surface area contributed by atoms with Crippen molar-refractivity contribution in [3.63, 3.8) is 0 Å². The number of nitrogens with one attached hydrogen (secondary N) is 1. The number of carbonyl (C=O) groups is 1. The molecule has 1 amide bonds. The molecule has 1 aliphatic rings. The van der Waals surface area contributed by atoms with Crippen LogP contribution in [-0.2, 0) is 11.3 Å². The molecule has 0 bridgehead atoms. The first-order valence-electron chi connectivity index (χ1n) is 6.92. The third-order valence-electron chi connectivity index (χ3n) is 3.63. The van der Waals surface area contributed by atoms with Gasteiger partial charge in [-0.1, -0.05) is 18.0 Å². The van der Waals surface area contributed by atoms with Crippen molar-refractivity contribution in [2.45, 2.75) is 31.8 Å². The highest BCUT2D eigenvalue weighted by atomic mass is 35.5. The minimum Gasteiger partial charge on any atom is -0.496 e. The highest BCUT2D eigenvalue weighted by Crippen LogP contribution is 2.24. The Labute approximate surface area is 137 Å². The SMILES string of the molecule is COc1ccc(Cl)cc1CN(C)C(=O)[C@@H]1CCCCN1.Cl. The molecule has 4 nitrogen and oxygen atoms in total. The summed E-state index contributed by atoms with van der Waals surface area (Å²) in [6, 6.07) is 5.40. The van der Waals surface area contributed by atoms with Gasteiger partial charge in [-0.05, 0) is 37.6 Å². The predicted molar refractivity (Wildman–Crippen MR) is 87.4 cm³/mol. The van der Waals surface area contributed by atoms with E-state index < -0.39 is 0 Å². The van der Waals surface area contributed by atoms with E-state index in [0.717, 1.165) is 37.1 Å². The second-order valence-electron chi connectivity index (χ2n) is 5.15. The minimum absolute atomic E-state index is 0. The van der Waals surface area contributed by atoms with E-state index in [-0.39, 0.29) is 24.4 Å². The van der Waals surface area contributed by atoms with Crippen molar-refractivity contribution in [1.29, 1.82) is 0 Å². The van der Waals surface area contributed by atoms with Crippen LogP contribution in [0, 0.1) is 0 Å². The van der Waals surface area contributed by atoms with Crippen LogP contribution in [0.5, 0.6) is 5.75 Å². The highest BCUT2D eigenvalue weighted by molar-refractivity contribution is 6.30. The molecule has 1 aliphatic heterocycles. The van der Waals surface area contributed by atoms with Gasteiger partial charge in [0.25, 0.3) is 0 Å². The summed E-state index contributed by atoms with van der Waals surface area (Å²) >= 11 is 6.01. The van der Waals surface area contributed by atoms with Crippen LogP contribution in [0.15, 0.2) is 18.2 Å². The van der Waals surface area contributed by atoms with Gasteiger partial charge in [0.1, 0.15) is 5.75 Å². The number of amides is 1. The Morgan fingerprint density at radius 2 is 2.24 bits per heavy atom. The van der Waals surface area contributed by atoms with Crippen molar-refractivity contribution in [2.75, 3.05) is 20.7 Å². The molecule has 0 spiro atoms. The van der Waals surface area contributed by atoms with E-state index >= 15 is 0 Å². The first-order valence-corrected chi connectivity index (χ1v) is 7.30. The Hall–Kier alpha value is -0.970. The molecule has 1 aromatic rings. The average Bonchev–Trinajstić information content (AvgIpc) is 2.47. The Kier molecular flexibility index (Phi) is 7.29. The van der Waals surface area contributed by atoms with E-state index in [2.05, 4.69) is 5.32 Å². The predicted octanol–water partition coefficient (Wildman–Crippen LogP) is 2.87. The van der Waals surface area contributed by atoms with E-state index in [1.165, 1.54) is 0 Å². The van der Waals surface area contributed by atoms with Crippen LogP contribution in [0.2, 0.25) is 5.02 Å². The van der Waals surface area contributed by atoms with E-state index in [1.807, 2.05) is 19.2 Å². The van der Waals surface area contributed by atoms with Gasteiger partial charge in [0.05, 0.1) is 13.2 Å². The van der Waals surface area contributed by atoms with E-state index in [9.17, 15) is 4.79 Å². The standard InChI is InChI=1S/C15H21ClN2O2.ClH/c1-18(15(19)13-5-3-4-8-17-13)10-11-9-12(16)6-7-14(11)20-2;/h6-7,9,13,17H,3-5,8,10H2,1-2H3;1H/t13-;/m0./s1. The Balaban J connectivity index is 0.00000220. The summed E-state index contributed by atoms with van der Waals surface area (Å²) in [5.41, 5.74) is 0.923. The van der Waals surface area contributed by atoms with Gasteiger partial charge >= 0.3 is 0 Å². The number of hydrogen-bond donors (Lipinski definition) is 1. The fourth-order valence-electron chi connectivity index (χ4n) is 2.53. The molecule has 0 radical (unpaired) electrons. The average molecular weight is 333 g/mol. The quantitative estimate of drug-likeness (QED) is 0.921. The zero-order valence-corrected chi connectivity index (χ0v) is 14.0. The number of likely N-dealkylation sites (N-methyl/N-ethyl adjacent to an activating group) is 1. The molecular formula is C15H22Cl2N2O2. The summed E-state index contributed by atoms with van der Waals surface area (Å²) in [4.78, 5) is 14.1. The number of piperidine rings is 1. The van der Waals surface area contributed by atoms with Crippen LogP contribution in [0.1, 0.15) is 24.8 Å². The van der Waals surface area contributed by atoms with Crippen LogP contribution in [-0.4, -0.2) is 37.6 Å². The number of halogens is 2. The van der Waals surface area contributed by atoms with Gasteiger partial charge < -0.3 is 15.0 Å². The summed E-state index contributed by atoms with van der Waals surface area (Å²) in [6.07, 6.45) is 3.17. The van der Waals surface area contributed by atoms with E-state index in [4.69, 9.17) is 16.3 Å². The lowest BCUT2D eigenvalue weighted by Gasteiger charge is -2.27. The summed E-state index contributed by atoms with van der Waals surface area (Å²) in [7, 11) is 3.44. The molecule has 0 aliphatic carbocycles. The zero-order chi connectivity index (χ0) is 14.5. The fourth-order valence-corrected chi connectivity index (χ4v) is 2.73. The zero-order valence-electron chi connectivity index (χ0n) is 12.4. The molecule has 0 aromatic heterocycles. The second kappa shape index (κ2) is 8.47. The number of carbonyl (C=O) groups excluding carboxylic acids is 1. The maximum atomic E-state index is 12.4. The van der Waals surface area contributed by atoms with Crippen LogP contribution in [0.3, 0.4) is 0 Å². The molecule has 6 heteroatoms.